The average molecular weight is 436 g/mol. The van der Waals surface area contributed by atoms with Crippen molar-refractivity contribution in [3.8, 4) is 28.5 Å². The quantitative estimate of drug-likeness (QED) is 0.451. The molecule has 0 aliphatic heterocycles. The molecule has 0 radical (unpaired) electrons. The summed E-state index contributed by atoms with van der Waals surface area (Å²) in [6.07, 6.45) is 0. The molecule has 8 heteroatoms. The number of carbonyl (C=O) groups is 1. The number of fused-ring (bicyclic) bond motifs is 1. The van der Waals surface area contributed by atoms with Crippen LogP contribution in [0.2, 0.25) is 0 Å². The number of benzene rings is 2. The van der Waals surface area contributed by atoms with Gasteiger partial charge >= 0.3 is 0 Å². The van der Waals surface area contributed by atoms with E-state index in [-0.39, 0.29) is 5.91 Å². The van der Waals surface area contributed by atoms with Crippen molar-refractivity contribution in [3.05, 3.63) is 59.5 Å². The van der Waals surface area contributed by atoms with Crippen LogP contribution in [0.3, 0.4) is 0 Å². The molecule has 4 rings (SSSR count). The highest BCUT2D eigenvalue weighted by molar-refractivity contribution is 7.21. The number of carbonyl (C=O) groups excluding carboxylic acids is 1. The average Bonchev–Trinajstić information content (AvgIpc) is 3.14. The van der Waals surface area contributed by atoms with Crippen LogP contribution in [0, 0.1) is 0 Å². The van der Waals surface area contributed by atoms with Gasteiger partial charge in [-0.2, -0.15) is 0 Å². The summed E-state index contributed by atoms with van der Waals surface area (Å²) < 4.78 is 15.8. The lowest BCUT2D eigenvalue weighted by Gasteiger charge is -2.10. The number of ether oxygens (including phenoxy) is 3. The van der Waals surface area contributed by atoms with Gasteiger partial charge in [-0.1, -0.05) is 12.1 Å². The van der Waals surface area contributed by atoms with Gasteiger partial charge in [0.15, 0.2) is 11.5 Å². The third-order valence-corrected chi connectivity index (χ3v) is 5.92. The molecule has 0 saturated heterocycles. The number of pyridine rings is 1. The fourth-order valence-electron chi connectivity index (χ4n) is 3.21. The second-order valence-electron chi connectivity index (χ2n) is 6.65. The maximum atomic E-state index is 12.9. The van der Waals surface area contributed by atoms with Gasteiger partial charge in [0.2, 0.25) is 0 Å². The molecule has 0 bridgehead atoms. The Hall–Kier alpha value is -3.78. The van der Waals surface area contributed by atoms with Crippen LogP contribution >= 0.6 is 11.3 Å². The zero-order valence-electron chi connectivity index (χ0n) is 17.3. The first-order chi connectivity index (χ1) is 15.0. The summed E-state index contributed by atoms with van der Waals surface area (Å²) in [4.78, 5) is 18.7. The predicted octanol–water partition coefficient (Wildman–Crippen LogP) is 4.82. The first kappa shape index (κ1) is 20.5. The van der Waals surface area contributed by atoms with Crippen LogP contribution in [-0.2, 0) is 0 Å². The van der Waals surface area contributed by atoms with E-state index in [2.05, 4.69) is 5.32 Å². The van der Waals surface area contributed by atoms with Gasteiger partial charge in [-0.15, -0.1) is 11.3 Å². The number of thiophene rings is 1. The fraction of sp³-hybridized carbons (Fsp3) is 0.130. The van der Waals surface area contributed by atoms with Gasteiger partial charge in [-0.25, -0.2) is 4.98 Å². The number of aromatic nitrogens is 1. The van der Waals surface area contributed by atoms with E-state index >= 15 is 0 Å². The van der Waals surface area contributed by atoms with E-state index in [1.165, 1.54) is 11.3 Å². The summed E-state index contributed by atoms with van der Waals surface area (Å²) in [6, 6.07) is 16.6. The number of hydrogen-bond acceptors (Lipinski definition) is 7. The maximum Gasteiger partial charge on any atom is 0.267 e. The number of methoxy groups -OCH3 is 3. The Balaban J connectivity index is 1.65. The van der Waals surface area contributed by atoms with E-state index < -0.39 is 0 Å². The van der Waals surface area contributed by atoms with Crippen LogP contribution in [0.1, 0.15) is 9.67 Å². The first-order valence-electron chi connectivity index (χ1n) is 9.41. The van der Waals surface area contributed by atoms with Crippen LogP contribution in [0.4, 0.5) is 11.4 Å². The van der Waals surface area contributed by atoms with Gasteiger partial charge in [-0.05, 0) is 36.4 Å². The number of rotatable bonds is 6. The number of nitrogens with zero attached hydrogens (tertiary/aromatic N) is 1. The summed E-state index contributed by atoms with van der Waals surface area (Å²) in [7, 11) is 4.72. The van der Waals surface area contributed by atoms with Crippen molar-refractivity contribution in [2.24, 2.45) is 0 Å². The third kappa shape index (κ3) is 3.97. The smallest absolute Gasteiger partial charge is 0.267 e. The van der Waals surface area contributed by atoms with Crippen LogP contribution in [0.5, 0.6) is 17.2 Å². The SMILES string of the molecule is COc1cccc(-c2ccc3c(N)c(C(=O)Nc4ccc(OC)c(OC)c4)sc3n2)c1. The summed E-state index contributed by atoms with van der Waals surface area (Å²) in [5, 5.41) is 3.60. The van der Waals surface area contributed by atoms with E-state index in [1.807, 2.05) is 36.4 Å². The minimum Gasteiger partial charge on any atom is -0.497 e. The van der Waals surface area contributed by atoms with Crippen molar-refractivity contribution in [3.63, 3.8) is 0 Å². The Morgan fingerprint density at radius 1 is 0.968 bits per heavy atom. The van der Waals surface area contributed by atoms with Crippen LogP contribution in [-0.4, -0.2) is 32.2 Å². The molecule has 2 aromatic carbocycles. The minimum absolute atomic E-state index is 0.310. The van der Waals surface area contributed by atoms with E-state index in [1.54, 1.807) is 39.5 Å². The van der Waals surface area contributed by atoms with Crippen molar-refractivity contribution in [1.82, 2.24) is 4.98 Å². The van der Waals surface area contributed by atoms with Crippen molar-refractivity contribution >= 4 is 38.8 Å². The van der Waals surface area contributed by atoms with Gasteiger partial charge in [0.05, 0.1) is 32.7 Å². The standard InChI is InChI=1S/C23H21N3O4S/c1-28-15-6-4-5-13(11-15)17-9-8-16-20(24)21(31-23(16)26-17)22(27)25-14-7-10-18(29-2)19(12-14)30-3/h4-12H,24H2,1-3H3,(H,25,27). The van der Waals surface area contributed by atoms with E-state index in [0.717, 1.165) is 22.4 Å². The molecule has 0 saturated carbocycles. The van der Waals surface area contributed by atoms with Gasteiger partial charge < -0.3 is 25.3 Å². The number of nitrogens with two attached hydrogens (primary N) is 1. The second kappa shape index (κ2) is 8.53. The summed E-state index contributed by atoms with van der Waals surface area (Å²) in [5.74, 6) is 1.54. The predicted molar refractivity (Wildman–Crippen MR) is 124 cm³/mol. The molecule has 2 aromatic heterocycles. The Morgan fingerprint density at radius 2 is 1.77 bits per heavy atom. The molecular formula is C23H21N3O4S. The lowest BCUT2D eigenvalue weighted by atomic mass is 10.1. The number of nitrogens with one attached hydrogen (secondary N) is 1. The molecule has 0 spiro atoms. The highest BCUT2D eigenvalue weighted by atomic mass is 32.1. The van der Waals surface area contributed by atoms with E-state index in [0.29, 0.717) is 32.6 Å². The lowest BCUT2D eigenvalue weighted by molar-refractivity contribution is 0.103. The largest absolute Gasteiger partial charge is 0.497 e. The zero-order chi connectivity index (χ0) is 22.0. The van der Waals surface area contributed by atoms with Gasteiger partial charge in [0.1, 0.15) is 15.5 Å². The van der Waals surface area contributed by atoms with Gasteiger partial charge in [0, 0.05) is 22.7 Å². The number of hydrogen-bond donors (Lipinski definition) is 2. The van der Waals surface area contributed by atoms with Crippen LogP contribution in [0.25, 0.3) is 21.5 Å². The van der Waals surface area contributed by atoms with E-state index in [4.69, 9.17) is 24.9 Å². The Kier molecular flexibility index (Phi) is 5.64. The summed E-state index contributed by atoms with van der Waals surface area (Å²) in [6.45, 7) is 0. The summed E-state index contributed by atoms with van der Waals surface area (Å²) in [5.41, 5.74) is 8.95. The Bertz CT molecular complexity index is 1270. The van der Waals surface area contributed by atoms with Crippen molar-refractivity contribution < 1.29 is 19.0 Å². The molecule has 31 heavy (non-hydrogen) atoms. The molecule has 0 aliphatic rings. The normalized spacial score (nSPS) is 10.7. The molecule has 158 valence electrons. The highest BCUT2D eigenvalue weighted by Crippen LogP contribution is 2.36. The third-order valence-electron chi connectivity index (χ3n) is 4.81. The maximum absolute atomic E-state index is 12.9. The van der Waals surface area contributed by atoms with Crippen molar-refractivity contribution in [2.45, 2.75) is 0 Å². The topological polar surface area (TPSA) is 95.7 Å². The zero-order valence-corrected chi connectivity index (χ0v) is 18.1. The molecule has 2 heterocycles. The Labute approximate surface area is 183 Å². The molecule has 0 aliphatic carbocycles. The fourth-order valence-corrected chi connectivity index (χ4v) is 4.20. The molecule has 0 fully saturated rings. The van der Waals surface area contributed by atoms with Gasteiger partial charge in [-0.3, -0.25) is 4.79 Å². The molecular weight excluding hydrogens is 414 g/mol. The molecule has 0 unspecified atom stereocenters. The van der Waals surface area contributed by atoms with Crippen molar-refractivity contribution in [2.75, 3.05) is 32.4 Å². The molecule has 7 nitrogen and oxygen atoms in total. The monoisotopic (exact) mass is 435 g/mol. The van der Waals surface area contributed by atoms with Crippen molar-refractivity contribution in [1.29, 1.82) is 0 Å². The second-order valence-corrected chi connectivity index (χ2v) is 7.65. The molecule has 3 N–H and O–H groups in total. The number of amides is 1. The van der Waals surface area contributed by atoms with Crippen LogP contribution < -0.4 is 25.3 Å². The van der Waals surface area contributed by atoms with E-state index in [9.17, 15) is 4.79 Å². The molecule has 1 amide bonds. The Morgan fingerprint density at radius 3 is 2.52 bits per heavy atom. The number of anilines is 2. The highest BCUT2D eigenvalue weighted by Gasteiger charge is 2.19. The molecule has 4 aromatic rings. The first-order valence-corrected chi connectivity index (χ1v) is 10.2. The minimum atomic E-state index is -0.310. The lowest BCUT2D eigenvalue weighted by Crippen LogP contribution is -2.12. The summed E-state index contributed by atoms with van der Waals surface area (Å²) >= 11 is 1.25. The van der Waals surface area contributed by atoms with Gasteiger partial charge in [0.25, 0.3) is 5.91 Å². The number of nitrogen functional groups attached to an aromatic ring is 1. The molecule has 0 atom stereocenters. The van der Waals surface area contributed by atoms with Crippen LogP contribution in [0.15, 0.2) is 54.6 Å².